The number of hydrogen-bond acceptors (Lipinski definition) is 7. The second-order valence-electron chi connectivity index (χ2n) is 7.83. The van der Waals surface area contributed by atoms with E-state index in [0.717, 1.165) is 11.6 Å². The zero-order valence-corrected chi connectivity index (χ0v) is 20.2. The van der Waals surface area contributed by atoms with Crippen LogP contribution in [0.3, 0.4) is 0 Å². The number of halogens is 1. The quantitative estimate of drug-likeness (QED) is 0.253. The molecule has 0 bridgehead atoms. The summed E-state index contributed by atoms with van der Waals surface area (Å²) < 4.78 is 26.8. The first-order chi connectivity index (χ1) is 18.0. The molecule has 1 amide bonds. The van der Waals surface area contributed by atoms with E-state index in [1.807, 2.05) is 30.3 Å². The highest BCUT2D eigenvalue weighted by Gasteiger charge is 2.26. The molecular formula is C26H24FN5O5. The summed E-state index contributed by atoms with van der Waals surface area (Å²) in [6, 6.07) is 17.5. The minimum atomic E-state index is -0.995. The molecule has 3 aromatic carbocycles. The summed E-state index contributed by atoms with van der Waals surface area (Å²) >= 11 is 0. The van der Waals surface area contributed by atoms with Crippen molar-refractivity contribution >= 4 is 18.0 Å². The number of benzene rings is 3. The van der Waals surface area contributed by atoms with Gasteiger partial charge in [0.05, 0.1) is 19.4 Å². The van der Waals surface area contributed by atoms with E-state index in [1.165, 1.54) is 30.2 Å². The van der Waals surface area contributed by atoms with Gasteiger partial charge in [-0.25, -0.2) is 14.0 Å². The summed E-state index contributed by atoms with van der Waals surface area (Å²) in [7, 11) is 1.32. The number of anilines is 1. The van der Waals surface area contributed by atoms with Gasteiger partial charge in [-0.15, -0.1) is 4.68 Å². The molecule has 0 unspecified atom stereocenters. The Morgan fingerprint density at radius 1 is 1.05 bits per heavy atom. The van der Waals surface area contributed by atoms with E-state index in [2.05, 4.69) is 10.4 Å². The molecule has 1 heterocycles. The molecular weight excluding hydrogens is 481 g/mol. The maximum absolute atomic E-state index is 14.5. The molecule has 4 aromatic rings. The normalized spacial score (nSPS) is 10.7. The van der Waals surface area contributed by atoms with E-state index in [-0.39, 0.29) is 23.7 Å². The van der Waals surface area contributed by atoms with Gasteiger partial charge in [-0.05, 0) is 53.2 Å². The van der Waals surface area contributed by atoms with E-state index in [4.69, 9.17) is 9.47 Å². The van der Waals surface area contributed by atoms with Crippen LogP contribution in [-0.4, -0.2) is 52.4 Å². The molecule has 0 fully saturated rings. The van der Waals surface area contributed by atoms with E-state index in [0.29, 0.717) is 40.0 Å². The molecule has 0 saturated carbocycles. The first kappa shape index (κ1) is 25.3. The minimum absolute atomic E-state index is 0.0433. The van der Waals surface area contributed by atoms with E-state index in [9.17, 15) is 18.8 Å². The number of methoxy groups -OCH3 is 1. The molecule has 0 saturated heterocycles. The van der Waals surface area contributed by atoms with Crippen LogP contribution in [0.25, 0.3) is 5.69 Å². The van der Waals surface area contributed by atoms with Crippen molar-refractivity contribution < 1.29 is 23.5 Å². The van der Waals surface area contributed by atoms with Crippen LogP contribution in [0.4, 0.5) is 14.9 Å². The summed E-state index contributed by atoms with van der Waals surface area (Å²) in [6.45, 7) is 2.11. The lowest BCUT2D eigenvalue weighted by atomic mass is 10.1. The molecule has 0 aliphatic rings. The topological polar surface area (TPSA) is 109 Å². The number of para-hydroxylation sites is 1. The monoisotopic (exact) mass is 505 g/mol. The Morgan fingerprint density at radius 2 is 1.84 bits per heavy atom. The highest BCUT2D eigenvalue weighted by atomic mass is 19.1. The van der Waals surface area contributed by atoms with Gasteiger partial charge in [-0.1, -0.05) is 36.4 Å². The molecule has 0 atom stereocenters. The third-order valence-corrected chi connectivity index (χ3v) is 5.59. The van der Waals surface area contributed by atoms with Gasteiger partial charge in [0.15, 0.2) is 5.82 Å². The number of aldehydes is 1. The second-order valence-corrected chi connectivity index (χ2v) is 7.83. The largest absolute Gasteiger partial charge is 0.494 e. The van der Waals surface area contributed by atoms with Gasteiger partial charge in [-0.2, -0.15) is 4.68 Å². The van der Waals surface area contributed by atoms with Crippen LogP contribution in [-0.2, 0) is 6.42 Å². The number of nitrogens with zero attached hydrogens (tertiary/aromatic N) is 5. The molecule has 0 spiro atoms. The lowest BCUT2D eigenvalue weighted by Crippen LogP contribution is -2.41. The van der Waals surface area contributed by atoms with Crippen molar-refractivity contribution in [3.05, 3.63) is 94.2 Å². The highest BCUT2D eigenvalue weighted by Crippen LogP contribution is 2.30. The molecule has 0 radical (unpaired) electrons. The average molecular weight is 506 g/mol. The summed E-state index contributed by atoms with van der Waals surface area (Å²) in [5.41, 5.74) is 0.387. The average Bonchev–Trinajstić information content (AvgIpc) is 3.30. The zero-order chi connectivity index (χ0) is 26.4. The lowest BCUT2D eigenvalue weighted by molar-refractivity contribution is 0.112. The van der Waals surface area contributed by atoms with Crippen LogP contribution in [0.5, 0.6) is 11.5 Å². The van der Waals surface area contributed by atoms with E-state index >= 15 is 0 Å². The minimum Gasteiger partial charge on any atom is -0.494 e. The van der Waals surface area contributed by atoms with Crippen LogP contribution in [0.2, 0.25) is 0 Å². The fraction of sp³-hybridized carbons (Fsp3) is 0.192. The molecule has 190 valence electrons. The Labute approximate surface area is 211 Å². The molecule has 10 nitrogen and oxygen atoms in total. The summed E-state index contributed by atoms with van der Waals surface area (Å²) in [5, 5.41) is 7.36. The number of carbonyl (C=O) groups is 2. The van der Waals surface area contributed by atoms with Gasteiger partial charge in [-0.3, -0.25) is 9.69 Å². The van der Waals surface area contributed by atoms with Crippen LogP contribution < -0.4 is 20.1 Å². The Hall–Kier alpha value is -4.80. The number of tetrazole rings is 1. The maximum Gasteiger partial charge on any atom is 0.377 e. The molecule has 4 rings (SSSR count). The second kappa shape index (κ2) is 11.3. The Kier molecular flexibility index (Phi) is 7.72. The smallest absolute Gasteiger partial charge is 0.377 e. The third kappa shape index (κ3) is 5.25. The predicted molar refractivity (Wildman–Crippen MR) is 133 cm³/mol. The molecule has 0 aliphatic heterocycles. The summed E-state index contributed by atoms with van der Waals surface area (Å²) in [5.74, 6) is -0.393. The number of carbonyl (C=O) groups excluding carboxylic acids is 2. The Morgan fingerprint density at radius 3 is 2.54 bits per heavy atom. The van der Waals surface area contributed by atoms with Gasteiger partial charge in [0.2, 0.25) is 0 Å². The van der Waals surface area contributed by atoms with Gasteiger partial charge < -0.3 is 9.47 Å². The fourth-order valence-corrected chi connectivity index (χ4v) is 3.76. The SMILES string of the molecule is CCN(C(=O)n1nnn(-c2c(F)cccc2OC)c1=O)c1cc(C=O)ccc1OCCc1ccccc1. The van der Waals surface area contributed by atoms with Crippen molar-refractivity contribution in [3.8, 4) is 17.2 Å². The molecule has 11 heteroatoms. The zero-order valence-electron chi connectivity index (χ0n) is 20.2. The van der Waals surface area contributed by atoms with Crippen molar-refractivity contribution in [2.24, 2.45) is 0 Å². The van der Waals surface area contributed by atoms with Crippen molar-refractivity contribution in [1.82, 2.24) is 19.8 Å². The van der Waals surface area contributed by atoms with Gasteiger partial charge >= 0.3 is 11.7 Å². The Bertz CT molecular complexity index is 1470. The standard InChI is InChI=1S/C26H24FN5O5/c1-3-30(21-16-19(17-33)12-13-22(21)37-15-14-18-8-5-4-6-9-18)25(34)32-26(35)31(28-29-32)24-20(27)10-7-11-23(24)36-2/h4-13,16-17H,3,14-15H2,1-2H3. The summed E-state index contributed by atoms with van der Waals surface area (Å²) in [4.78, 5) is 39.2. The summed E-state index contributed by atoms with van der Waals surface area (Å²) in [6.07, 6.45) is 1.26. The van der Waals surface area contributed by atoms with Crippen LogP contribution in [0.1, 0.15) is 22.8 Å². The van der Waals surface area contributed by atoms with Crippen LogP contribution in [0.15, 0.2) is 71.5 Å². The molecule has 37 heavy (non-hydrogen) atoms. The Balaban J connectivity index is 1.66. The van der Waals surface area contributed by atoms with E-state index in [1.54, 1.807) is 19.1 Å². The number of hydrogen-bond donors (Lipinski definition) is 0. The highest BCUT2D eigenvalue weighted by molar-refractivity contribution is 5.95. The lowest BCUT2D eigenvalue weighted by Gasteiger charge is -2.23. The molecule has 0 aliphatic carbocycles. The first-order valence-corrected chi connectivity index (χ1v) is 11.4. The van der Waals surface area contributed by atoms with Crippen molar-refractivity contribution in [2.45, 2.75) is 13.3 Å². The first-order valence-electron chi connectivity index (χ1n) is 11.4. The van der Waals surface area contributed by atoms with Crippen LogP contribution in [0, 0.1) is 5.82 Å². The van der Waals surface area contributed by atoms with Gasteiger partial charge in [0.1, 0.15) is 23.5 Å². The van der Waals surface area contributed by atoms with Crippen molar-refractivity contribution in [2.75, 3.05) is 25.2 Å². The van der Waals surface area contributed by atoms with Crippen molar-refractivity contribution in [1.29, 1.82) is 0 Å². The number of ether oxygens (including phenoxy) is 2. The molecule has 0 N–H and O–H groups in total. The van der Waals surface area contributed by atoms with E-state index < -0.39 is 17.5 Å². The van der Waals surface area contributed by atoms with Crippen molar-refractivity contribution in [3.63, 3.8) is 0 Å². The molecule has 1 aromatic heterocycles. The van der Waals surface area contributed by atoms with Gasteiger partial charge in [0, 0.05) is 18.5 Å². The third-order valence-electron chi connectivity index (χ3n) is 5.59. The maximum atomic E-state index is 14.5. The number of aromatic nitrogens is 4. The van der Waals surface area contributed by atoms with Gasteiger partial charge in [0.25, 0.3) is 0 Å². The predicted octanol–water partition coefficient (Wildman–Crippen LogP) is 3.51. The number of amides is 1. The number of rotatable bonds is 9. The van der Waals surface area contributed by atoms with Crippen LogP contribution >= 0.6 is 0 Å². The fourth-order valence-electron chi connectivity index (χ4n) is 3.76.